The fraction of sp³-hybridized carbons (Fsp3) is 0.300. The van der Waals surface area contributed by atoms with Crippen LogP contribution in [0, 0.1) is 0 Å². The molecule has 6 heteroatoms. The van der Waals surface area contributed by atoms with E-state index in [0.717, 1.165) is 11.3 Å². The minimum Gasteiger partial charge on any atom is -0.385 e. The second-order valence-electron chi connectivity index (χ2n) is 5.61. The van der Waals surface area contributed by atoms with Gasteiger partial charge in [0.05, 0.1) is 11.3 Å². The van der Waals surface area contributed by atoms with Crippen LogP contribution in [0.5, 0.6) is 0 Å². The molecule has 0 spiro atoms. The van der Waals surface area contributed by atoms with Gasteiger partial charge in [-0.2, -0.15) is 0 Å². The first-order valence-corrected chi connectivity index (χ1v) is 9.53. The molecule has 5 nitrogen and oxygen atoms in total. The maximum absolute atomic E-state index is 12.3. The number of nitrogens with one attached hydrogen (secondary N) is 2. The maximum Gasteiger partial charge on any atom is 0.253 e. The molecule has 0 saturated heterocycles. The third-order valence-electron chi connectivity index (χ3n) is 3.60. The monoisotopic (exact) mass is 372 g/mol. The molecule has 0 unspecified atom stereocenters. The number of thioether (sulfide) groups is 1. The van der Waals surface area contributed by atoms with Gasteiger partial charge in [0.15, 0.2) is 0 Å². The van der Waals surface area contributed by atoms with Gasteiger partial charge >= 0.3 is 0 Å². The molecule has 138 valence electrons. The van der Waals surface area contributed by atoms with Crippen LogP contribution in [0.4, 0.5) is 5.69 Å². The Labute approximate surface area is 158 Å². The van der Waals surface area contributed by atoms with Crippen molar-refractivity contribution in [2.75, 3.05) is 31.3 Å². The van der Waals surface area contributed by atoms with Crippen molar-refractivity contribution in [3.63, 3.8) is 0 Å². The van der Waals surface area contributed by atoms with E-state index in [1.54, 1.807) is 43.1 Å². The first kappa shape index (κ1) is 20.0. The molecule has 2 N–H and O–H groups in total. The summed E-state index contributed by atoms with van der Waals surface area (Å²) in [6, 6.07) is 17.0. The third kappa shape index (κ3) is 6.90. The van der Waals surface area contributed by atoms with Crippen molar-refractivity contribution in [3.8, 4) is 0 Å². The van der Waals surface area contributed by atoms with Crippen LogP contribution in [0.2, 0.25) is 0 Å². The minimum atomic E-state index is -0.198. The molecular formula is C20H24N2O3S. The SMILES string of the molecule is COCCCNC(=O)c1ccccc1NC(=O)CCSc1ccccc1. The lowest BCUT2D eigenvalue weighted by Crippen LogP contribution is -2.26. The largest absolute Gasteiger partial charge is 0.385 e. The van der Waals surface area contributed by atoms with E-state index in [1.165, 1.54) is 0 Å². The Kier molecular flexibility index (Phi) is 8.72. The number of methoxy groups -OCH3 is 1. The Morgan fingerprint density at radius 1 is 1.04 bits per heavy atom. The van der Waals surface area contributed by atoms with Gasteiger partial charge in [0, 0.05) is 37.3 Å². The predicted octanol–water partition coefficient (Wildman–Crippen LogP) is 3.57. The summed E-state index contributed by atoms with van der Waals surface area (Å²) in [5.41, 5.74) is 1.00. The molecule has 0 aliphatic heterocycles. The summed E-state index contributed by atoms with van der Waals surface area (Å²) in [4.78, 5) is 25.6. The van der Waals surface area contributed by atoms with E-state index >= 15 is 0 Å². The zero-order valence-corrected chi connectivity index (χ0v) is 15.7. The van der Waals surface area contributed by atoms with Crippen molar-refractivity contribution >= 4 is 29.3 Å². The quantitative estimate of drug-likeness (QED) is 0.494. The number of anilines is 1. The second-order valence-corrected chi connectivity index (χ2v) is 6.78. The molecule has 2 amide bonds. The maximum atomic E-state index is 12.3. The van der Waals surface area contributed by atoms with E-state index in [9.17, 15) is 9.59 Å². The van der Waals surface area contributed by atoms with Crippen LogP contribution < -0.4 is 10.6 Å². The van der Waals surface area contributed by atoms with Crippen molar-refractivity contribution in [3.05, 3.63) is 60.2 Å². The summed E-state index contributed by atoms with van der Waals surface area (Å²) in [5, 5.41) is 5.68. The van der Waals surface area contributed by atoms with Crippen molar-refractivity contribution in [2.24, 2.45) is 0 Å². The Hall–Kier alpha value is -2.31. The molecule has 2 aromatic rings. The number of rotatable bonds is 10. The predicted molar refractivity (Wildman–Crippen MR) is 106 cm³/mol. The number of hydrogen-bond donors (Lipinski definition) is 2. The molecule has 2 aromatic carbocycles. The molecule has 0 bridgehead atoms. The molecular weight excluding hydrogens is 348 g/mol. The zero-order valence-electron chi connectivity index (χ0n) is 14.9. The van der Waals surface area contributed by atoms with Gasteiger partial charge in [-0.3, -0.25) is 9.59 Å². The minimum absolute atomic E-state index is 0.104. The lowest BCUT2D eigenvalue weighted by Gasteiger charge is -2.11. The zero-order chi connectivity index (χ0) is 18.6. The van der Waals surface area contributed by atoms with Gasteiger partial charge in [0.2, 0.25) is 5.91 Å². The second kappa shape index (κ2) is 11.3. The van der Waals surface area contributed by atoms with Crippen LogP contribution in [0.15, 0.2) is 59.5 Å². The van der Waals surface area contributed by atoms with Crippen molar-refractivity contribution < 1.29 is 14.3 Å². The standard InChI is InChI=1S/C20H24N2O3S/c1-25-14-7-13-21-20(24)17-10-5-6-11-18(17)22-19(23)12-15-26-16-8-3-2-4-9-16/h2-6,8-11H,7,12-15H2,1H3,(H,21,24)(H,22,23). The molecule has 0 fully saturated rings. The Balaban J connectivity index is 1.84. The molecule has 0 atom stereocenters. The van der Waals surface area contributed by atoms with E-state index in [2.05, 4.69) is 10.6 Å². The normalized spacial score (nSPS) is 10.3. The van der Waals surface area contributed by atoms with Crippen LogP contribution in [0.1, 0.15) is 23.2 Å². The van der Waals surface area contributed by atoms with Crippen LogP contribution in [0.25, 0.3) is 0 Å². The lowest BCUT2D eigenvalue weighted by molar-refractivity contribution is -0.115. The summed E-state index contributed by atoms with van der Waals surface area (Å²) in [5.74, 6) is 0.380. The molecule has 0 radical (unpaired) electrons. The lowest BCUT2D eigenvalue weighted by atomic mass is 10.1. The highest BCUT2D eigenvalue weighted by atomic mass is 32.2. The average Bonchev–Trinajstić information content (AvgIpc) is 2.66. The van der Waals surface area contributed by atoms with Gasteiger partial charge in [-0.1, -0.05) is 30.3 Å². The van der Waals surface area contributed by atoms with Gasteiger partial charge in [-0.05, 0) is 30.7 Å². The van der Waals surface area contributed by atoms with Gasteiger partial charge in [-0.15, -0.1) is 11.8 Å². The van der Waals surface area contributed by atoms with E-state index in [1.807, 2.05) is 30.3 Å². The van der Waals surface area contributed by atoms with Crippen LogP contribution >= 0.6 is 11.8 Å². The van der Waals surface area contributed by atoms with Gasteiger partial charge in [-0.25, -0.2) is 0 Å². The van der Waals surface area contributed by atoms with E-state index < -0.39 is 0 Å². The van der Waals surface area contributed by atoms with Gasteiger partial charge in [0.1, 0.15) is 0 Å². The Bertz CT molecular complexity index is 707. The number of carbonyl (C=O) groups excluding carboxylic acids is 2. The molecule has 0 aliphatic carbocycles. The van der Waals surface area contributed by atoms with Crippen LogP contribution in [-0.2, 0) is 9.53 Å². The molecule has 2 rings (SSSR count). The molecule has 26 heavy (non-hydrogen) atoms. The Morgan fingerprint density at radius 2 is 1.77 bits per heavy atom. The first-order valence-electron chi connectivity index (χ1n) is 8.54. The fourth-order valence-corrected chi connectivity index (χ4v) is 3.17. The molecule has 0 aromatic heterocycles. The number of para-hydroxylation sites is 1. The topological polar surface area (TPSA) is 67.4 Å². The third-order valence-corrected chi connectivity index (χ3v) is 4.61. The van der Waals surface area contributed by atoms with Crippen molar-refractivity contribution in [2.45, 2.75) is 17.7 Å². The van der Waals surface area contributed by atoms with E-state index in [0.29, 0.717) is 36.6 Å². The Morgan fingerprint density at radius 3 is 2.54 bits per heavy atom. The summed E-state index contributed by atoms with van der Waals surface area (Å²) >= 11 is 1.63. The highest BCUT2D eigenvalue weighted by molar-refractivity contribution is 7.99. The highest BCUT2D eigenvalue weighted by Gasteiger charge is 2.12. The summed E-state index contributed by atoms with van der Waals surface area (Å²) in [7, 11) is 1.63. The molecule has 0 heterocycles. The highest BCUT2D eigenvalue weighted by Crippen LogP contribution is 2.19. The van der Waals surface area contributed by atoms with Gasteiger partial charge in [0.25, 0.3) is 5.91 Å². The van der Waals surface area contributed by atoms with Crippen LogP contribution in [0.3, 0.4) is 0 Å². The number of benzene rings is 2. The van der Waals surface area contributed by atoms with E-state index in [-0.39, 0.29) is 11.8 Å². The van der Waals surface area contributed by atoms with Crippen molar-refractivity contribution in [1.29, 1.82) is 0 Å². The summed E-state index contributed by atoms with van der Waals surface area (Å²) in [6.07, 6.45) is 1.12. The van der Waals surface area contributed by atoms with Crippen LogP contribution in [-0.4, -0.2) is 37.8 Å². The smallest absolute Gasteiger partial charge is 0.253 e. The fourth-order valence-electron chi connectivity index (χ4n) is 2.29. The number of carbonyl (C=O) groups is 2. The summed E-state index contributed by atoms with van der Waals surface area (Å²) in [6.45, 7) is 1.13. The number of hydrogen-bond acceptors (Lipinski definition) is 4. The summed E-state index contributed by atoms with van der Waals surface area (Å²) < 4.78 is 4.96. The average molecular weight is 372 g/mol. The van der Waals surface area contributed by atoms with Gasteiger partial charge < -0.3 is 15.4 Å². The van der Waals surface area contributed by atoms with Crippen molar-refractivity contribution in [1.82, 2.24) is 5.32 Å². The van der Waals surface area contributed by atoms with E-state index in [4.69, 9.17) is 4.74 Å². The molecule has 0 saturated carbocycles. The first-order chi connectivity index (χ1) is 12.7. The molecule has 0 aliphatic rings. The number of amides is 2. The number of ether oxygens (including phenoxy) is 1.